The standard InChI is InChI=1S/C20H14N2O3S/c21-14-15-5-4-8-19(13-15)26(24,25)22-20(23)18-11-9-17(10-12-18)16-6-2-1-3-7-16/h1-13H,(H,22,23). The first-order chi connectivity index (χ1) is 12.5. The Morgan fingerprint density at radius 1 is 0.846 bits per heavy atom. The van der Waals surface area contributed by atoms with E-state index in [4.69, 9.17) is 5.26 Å². The lowest BCUT2D eigenvalue weighted by Crippen LogP contribution is -2.30. The number of carbonyl (C=O) groups excluding carboxylic acids is 1. The summed E-state index contributed by atoms with van der Waals surface area (Å²) in [7, 11) is -4.05. The number of nitrogens with zero attached hydrogens (tertiary/aromatic N) is 1. The molecule has 5 nitrogen and oxygen atoms in total. The van der Waals surface area contributed by atoms with Crippen LogP contribution in [0.25, 0.3) is 11.1 Å². The minimum absolute atomic E-state index is 0.134. The lowest BCUT2D eigenvalue weighted by molar-refractivity contribution is 0.0981. The molecule has 0 aliphatic heterocycles. The normalized spacial score (nSPS) is 10.7. The summed E-state index contributed by atoms with van der Waals surface area (Å²) in [5.74, 6) is -0.730. The topological polar surface area (TPSA) is 87.0 Å². The fourth-order valence-corrected chi connectivity index (χ4v) is 3.44. The van der Waals surface area contributed by atoms with Gasteiger partial charge in [0.2, 0.25) is 0 Å². The highest BCUT2D eigenvalue weighted by Gasteiger charge is 2.19. The number of nitrogens with one attached hydrogen (secondary N) is 1. The third kappa shape index (κ3) is 3.79. The lowest BCUT2D eigenvalue weighted by Gasteiger charge is -2.08. The van der Waals surface area contributed by atoms with E-state index in [-0.39, 0.29) is 16.0 Å². The molecule has 0 heterocycles. The monoisotopic (exact) mass is 362 g/mol. The summed E-state index contributed by atoms with van der Waals surface area (Å²) in [4.78, 5) is 12.1. The first kappa shape index (κ1) is 17.4. The number of amides is 1. The largest absolute Gasteiger partial charge is 0.268 e. The van der Waals surface area contributed by atoms with Crippen LogP contribution in [0.3, 0.4) is 0 Å². The van der Waals surface area contributed by atoms with E-state index >= 15 is 0 Å². The molecule has 1 N–H and O–H groups in total. The number of hydrogen-bond acceptors (Lipinski definition) is 4. The first-order valence-electron chi connectivity index (χ1n) is 7.72. The maximum Gasteiger partial charge on any atom is 0.264 e. The predicted octanol–water partition coefficient (Wildman–Crippen LogP) is 3.34. The van der Waals surface area contributed by atoms with Gasteiger partial charge in [-0.2, -0.15) is 5.26 Å². The van der Waals surface area contributed by atoms with E-state index < -0.39 is 15.9 Å². The van der Waals surface area contributed by atoms with Crippen LogP contribution < -0.4 is 4.72 Å². The van der Waals surface area contributed by atoms with Crippen molar-refractivity contribution in [3.05, 3.63) is 90.0 Å². The van der Waals surface area contributed by atoms with Crippen LogP contribution in [0.1, 0.15) is 15.9 Å². The Bertz CT molecular complexity index is 1080. The SMILES string of the molecule is N#Cc1cccc(S(=O)(=O)NC(=O)c2ccc(-c3ccccc3)cc2)c1. The van der Waals surface area contributed by atoms with Crippen molar-refractivity contribution >= 4 is 15.9 Å². The molecule has 128 valence electrons. The van der Waals surface area contributed by atoms with E-state index in [0.29, 0.717) is 0 Å². The van der Waals surface area contributed by atoms with E-state index in [1.54, 1.807) is 24.3 Å². The summed E-state index contributed by atoms with van der Waals surface area (Å²) in [5.41, 5.74) is 2.35. The van der Waals surface area contributed by atoms with Crippen molar-refractivity contribution in [1.82, 2.24) is 4.72 Å². The molecule has 0 saturated carbocycles. The molecule has 26 heavy (non-hydrogen) atoms. The molecule has 1 amide bonds. The van der Waals surface area contributed by atoms with Gasteiger partial charge in [-0.15, -0.1) is 0 Å². The van der Waals surface area contributed by atoms with Gasteiger partial charge >= 0.3 is 0 Å². The van der Waals surface area contributed by atoms with Gasteiger partial charge in [-0.1, -0.05) is 48.5 Å². The molecule has 0 aliphatic rings. The summed E-state index contributed by atoms with van der Waals surface area (Å²) in [6.07, 6.45) is 0. The van der Waals surface area contributed by atoms with Gasteiger partial charge < -0.3 is 0 Å². The maximum atomic E-state index is 12.3. The Kier molecular flexibility index (Phi) is 4.83. The Morgan fingerprint density at radius 3 is 2.15 bits per heavy atom. The smallest absolute Gasteiger partial charge is 0.264 e. The van der Waals surface area contributed by atoms with E-state index in [0.717, 1.165) is 11.1 Å². The number of carbonyl (C=O) groups is 1. The van der Waals surface area contributed by atoms with Crippen LogP contribution in [0, 0.1) is 11.3 Å². The van der Waals surface area contributed by atoms with E-state index in [9.17, 15) is 13.2 Å². The second kappa shape index (κ2) is 7.21. The molecule has 0 bridgehead atoms. The van der Waals surface area contributed by atoms with Crippen molar-refractivity contribution in [3.63, 3.8) is 0 Å². The number of hydrogen-bond donors (Lipinski definition) is 1. The molecular weight excluding hydrogens is 348 g/mol. The highest BCUT2D eigenvalue weighted by molar-refractivity contribution is 7.90. The summed E-state index contributed by atoms with van der Waals surface area (Å²) >= 11 is 0. The fourth-order valence-electron chi connectivity index (χ4n) is 2.42. The Hall–Kier alpha value is -3.43. The van der Waals surface area contributed by atoms with E-state index in [2.05, 4.69) is 0 Å². The van der Waals surface area contributed by atoms with E-state index in [1.807, 2.05) is 41.1 Å². The lowest BCUT2D eigenvalue weighted by atomic mass is 10.0. The summed E-state index contributed by atoms with van der Waals surface area (Å²) < 4.78 is 26.7. The van der Waals surface area contributed by atoms with Crippen molar-refractivity contribution in [1.29, 1.82) is 5.26 Å². The zero-order valence-corrected chi connectivity index (χ0v) is 14.4. The molecule has 0 atom stereocenters. The van der Waals surface area contributed by atoms with Crippen LogP contribution in [0.15, 0.2) is 83.8 Å². The number of benzene rings is 3. The number of sulfonamides is 1. The van der Waals surface area contributed by atoms with Crippen molar-refractivity contribution in [2.45, 2.75) is 4.90 Å². The summed E-state index contributed by atoms with van der Waals surface area (Å²) in [5, 5.41) is 8.88. The quantitative estimate of drug-likeness (QED) is 0.771. The second-order valence-corrected chi connectivity index (χ2v) is 7.20. The molecule has 0 unspecified atom stereocenters. The molecule has 0 fully saturated rings. The average Bonchev–Trinajstić information content (AvgIpc) is 2.68. The van der Waals surface area contributed by atoms with Crippen LogP contribution in [0.5, 0.6) is 0 Å². The molecule has 3 rings (SSSR count). The zero-order chi connectivity index (χ0) is 18.6. The average molecular weight is 362 g/mol. The van der Waals surface area contributed by atoms with Gasteiger partial charge in [-0.05, 0) is 41.5 Å². The van der Waals surface area contributed by atoms with Crippen molar-refractivity contribution in [3.8, 4) is 17.2 Å². The Labute approximate surface area is 151 Å². The van der Waals surface area contributed by atoms with Crippen LogP contribution >= 0.6 is 0 Å². The highest BCUT2D eigenvalue weighted by atomic mass is 32.2. The summed E-state index contributed by atoms with van der Waals surface area (Å²) in [6.45, 7) is 0. The molecule has 0 radical (unpaired) electrons. The van der Waals surface area contributed by atoms with Gasteiger partial charge in [0.05, 0.1) is 16.5 Å². The molecule has 6 heteroatoms. The van der Waals surface area contributed by atoms with Gasteiger partial charge in [0.15, 0.2) is 0 Å². The third-order valence-corrected chi connectivity index (χ3v) is 5.08. The maximum absolute atomic E-state index is 12.3. The molecule has 0 spiro atoms. The van der Waals surface area contributed by atoms with E-state index in [1.165, 1.54) is 24.3 Å². The third-order valence-electron chi connectivity index (χ3n) is 3.75. The van der Waals surface area contributed by atoms with Gasteiger partial charge in [-0.3, -0.25) is 4.79 Å². The fraction of sp³-hybridized carbons (Fsp3) is 0. The van der Waals surface area contributed by atoms with Crippen LogP contribution in [-0.4, -0.2) is 14.3 Å². The van der Waals surface area contributed by atoms with Gasteiger partial charge in [0.1, 0.15) is 0 Å². The predicted molar refractivity (Wildman–Crippen MR) is 97.7 cm³/mol. The second-order valence-electron chi connectivity index (χ2n) is 5.52. The zero-order valence-electron chi connectivity index (χ0n) is 13.6. The Morgan fingerprint density at radius 2 is 1.50 bits per heavy atom. The van der Waals surface area contributed by atoms with Gasteiger partial charge in [0.25, 0.3) is 15.9 Å². The van der Waals surface area contributed by atoms with Gasteiger partial charge in [0, 0.05) is 5.56 Å². The highest BCUT2D eigenvalue weighted by Crippen LogP contribution is 2.19. The molecular formula is C20H14N2O3S. The first-order valence-corrected chi connectivity index (χ1v) is 9.21. The van der Waals surface area contributed by atoms with Crippen molar-refractivity contribution in [2.24, 2.45) is 0 Å². The van der Waals surface area contributed by atoms with Crippen molar-refractivity contribution < 1.29 is 13.2 Å². The molecule has 3 aromatic carbocycles. The van der Waals surface area contributed by atoms with Crippen molar-refractivity contribution in [2.75, 3.05) is 0 Å². The van der Waals surface area contributed by atoms with Crippen LogP contribution in [0.4, 0.5) is 0 Å². The summed E-state index contributed by atoms with van der Waals surface area (Å²) in [6, 6.07) is 23.6. The molecule has 0 aliphatic carbocycles. The molecule has 3 aromatic rings. The van der Waals surface area contributed by atoms with Crippen LogP contribution in [-0.2, 0) is 10.0 Å². The van der Waals surface area contributed by atoms with Gasteiger partial charge in [-0.25, -0.2) is 13.1 Å². The number of nitriles is 1. The minimum Gasteiger partial charge on any atom is -0.268 e. The molecule has 0 aromatic heterocycles. The van der Waals surface area contributed by atoms with Crippen LogP contribution in [0.2, 0.25) is 0 Å². The minimum atomic E-state index is -4.05. The number of rotatable bonds is 4. The Balaban J connectivity index is 1.80. The molecule has 0 saturated heterocycles.